The molecular weight excluding hydrogens is 347 g/mol. The van der Waals surface area contributed by atoms with Gasteiger partial charge in [-0.05, 0) is 48.6 Å². The van der Waals surface area contributed by atoms with Gasteiger partial charge in [-0.15, -0.1) is 0 Å². The van der Waals surface area contributed by atoms with Gasteiger partial charge in [-0.1, -0.05) is 12.1 Å². The van der Waals surface area contributed by atoms with Gasteiger partial charge in [-0.25, -0.2) is 4.79 Å². The van der Waals surface area contributed by atoms with E-state index in [4.69, 9.17) is 4.74 Å². The second-order valence-electron chi connectivity index (χ2n) is 3.54. The summed E-state index contributed by atoms with van der Waals surface area (Å²) in [5.74, 6) is 0.150. The summed E-state index contributed by atoms with van der Waals surface area (Å²) in [6.45, 7) is 3.83. The molecule has 0 aliphatic rings. The van der Waals surface area contributed by atoms with Crippen LogP contribution < -0.4 is 15.4 Å². The number of rotatable bonds is 4. The molecule has 1 aromatic rings. The van der Waals surface area contributed by atoms with E-state index in [0.29, 0.717) is 12.3 Å². The number of benzene rings is 1. The van der Waals surface area contributed by atoms with Gasteiger partial charge in [-0.3, -0.25) is 10.1 Å². The number of amides is 3. The first-order chi connectivity index (χ1) is 8.54. The van der Waals surface area contributed by atoms with Crippen molar-refractivity contribution in [1.82, 2.24) is 10.6 Å². The molecule has 2 N–H and O–H groups in total. The molecule has 0 heterocycles. The fourth-order valence-electron chi connectivity index (χ4n) is 1.20. The van der Waals surface area contributed by atoms with Crippen LogP contribution in [0.3, 0.4) is 0 Å². The molecule has 18 heavy (non-hydrogen) atoms. The van der Waals surface area contributed by atoms with Crippen molar-refractivity contribution >= 4 is 34.5 Å². The van der Waals surface area contributed by atoms with Crippen LogP contribution in [0.1, 0.15) is 13.8 Å². The number of carbonyl (C=O) groups is 2. The van der Waals surface area contributed by atoms with Gasteiger partial charge in [0.2, 0.25) is 0 Å². The highest BCUT2D eigenvalue weighted by Gasteiger charge is 2.17. The van der Waals surface area contributed by atoms with Crippen LogP contribution in [0.25, 0.3) is 0 Å². The second kappa shape index (κ2) is 7.20. The SMILES string of the molecule is CCNC(=O)NC(=O)C(C)Oc1ccccc1I. The summed E-state index contributed by atoms with van der Waals surface area (Å²) in [6.07, 6.45) is -0.733. The first kappa shape index (κ1) is 14.7. The predicted molar refractivity (Wildman–Crippen MR) is 76.5 cm³/mol. The molecule has 0 fully saturated rings. The van der Waals surface area contributed by atoms with Crippen LogP contribution >= 0.6 is 22.6 Å². The van der Waals surface area contributed by atoms with Crippen LogP contribution in [0, 0.1) is 3.57 Å². The van der Waals surface area contributed by atoms with Crippen molar-refractivity contribution < 1.29 is 14.3 Å². The van der Waals surface area contributed by atoms with Crippen LogP contribution in [-0.2, 0) is 4.79 Å². The van der Waals surface area contributed by atoms with Crippen molar-refractivity contribution in [1.29, 1.82) is 0 Å². The molecule has 1 unspecified atom stereocenters. The molecule has 3 amide bonds. The standard InChI is InChI=1S/C12H15IN2O3/c1-3-14-12(17)15-11(16)8(2)18-10-7-5-4-6-9(10)13/h4-8H,3H2,1-2H3,(H2,14,15,16,17). The third-order valence-corrected chi connectivity index (χ3v) is 2.97. The molecule has 0 spiro atoms. The summed E-state index contributed by atoms with van der Waals surface area (Å²) in [5, 5.41) is 4.68. The number of urea groups is 1. The number of hydrogen-bond donors (Lipinski definition) is 2. The van der Waals surface area contributed by atoms with Crippen LogP contribution in [0.15, 0.2) is 24.3 Å². The van der Waals surface area contributed by atoms with Crippen molar-refractivity contribution in [2.75, 3.05) is 6.54 Å². The van der Waals surface area contributed by atoms with Crippen LogP contribution in [0.2, 0.25) is 0 Å². The zero-order chi connectivity index (χ0) is 13.5. The molecule has 1 aromatic carbocycles. The van der Waals surface area contributed by atoms with Crippen molar-refractivity contribution in [3.05, 3.63) is 27.8 Å². The minimum atomic E-state index is -0.733. The Morgan fingerprint density at radius 1 is 1.39 bits per heavy atom. The third-order valence-electron chi connectivity index (χ3n) is 2.08. The minimum Gasteiger partial charge on any atom is -0.480 e. The number of hydrogen-bond acceptors (Lipinski definition) is 3. The van der Waals surface area contributed by atoms with Gasteiger partial charge < -0.3 is 10.1 Å². The molecule has 6 heteroatoms. The maximum absolute atomic E-state index is 11.6. The maximum atomic E-state index is 11.6. The lowest BCUT2D eigenvalue weighted by molar-refractivity contribution is -0.126. The summed E-state index contributed by atoms with van der Waals surface area (Å²) in [5.41, 5.74) is 0. The largest absolute Gasteiger partial charge is 0.480 e. The Labute approximate surface area is 119 Å². The van der Waals surface area contributed by atoms with E-state index in [1.807, 2.05) is 18.2 Å². The van der Waals surface area contributed by atoms with Gasteiger partial charge in [0.15, 0.2) is 6.10 Å². The Morgan fingerprint density at radius 3 is 2.67 bits per heavy atom. The van der Waals surface area contributed by atoms with Crippen molar-refractivity contribution in [2.45, 2.75) is 20.0 Å². The summed E-state index contributed by atoms with van der Waals surface area (Å²) >= 11 is 2.12. The number of nitrogens with one attached hydrogen (secondary N) is 2. The normalized spacial score (nSPS) is 11.5. The smallest absolute Gasteiger partial charge is 0.321 e. The molecule has 1 atom stereocenters. The Morgan fingerprint density at radius 2 is 2.06 bits per heavy atom. The molecule has 0 bridgehead atoms. The molecule has 0 saturated heterocycles. The van der Waals surface area contributed by atoms with E-state index in [-0.39, 0.29) is 0 Å². The zero-order valence-corrected chi connectivity index (χ0v) is 12.4. The number of ether oxygens (including phenoxy) is 1. The lowest BCUT2D eigenvalue weighted by Crippen LogP contribution is -2.45. The van der Waals surface area contributed by atoms with E-state index in [1.54, 1.807) is 19.9 Å². The summed E-state index contributed by atoms with van der Waals surface area (Å²) in [7, 11) is 0. The van der Waals surface area contributed by atoms with Crippen molar-refractivity contribution in [2.24, 2.45) is 0 Å². The van der Waals surface area contributed by atoms with E-state index in [9.17, 15) is 9.59 Å². The predicted octanol–water partition coefficient (Wildman–Crippen LogP) is 1.90. The second-order valence-corrected chi connectivity index (χ2v) is 4.70. The molecule has 0 aliphatic carbocycles. The Balaban J connectivity index is 2.55. The average Bonchev–Trinajstić information content (AvgIpc) is 2.32. The van der Waals surface area contributed by atoms with Gasteiger partial charge in [0.25, 0.3) is 5.91 Å². The zero-order valence-electron chi connectivity index (χ0n) is 10.2. The van der Waals surface area contributed by atoms with Gasteiger partial charge >= 0.3 is 6.03 Å². The third kappa shape index (κ3) is 4.52. The quantitative estimate of drug-likeness (QED) is 0.805. The van der Waals surface area contributed by atoms with Gasteiger partial charge in [0, 0.05) is 6.54 Å². The molecule has 5 nitrogen and oxygen atoms in total. The van der Waals surface area contributed by atoms with Crippen LogP contribution in [-0.4, -0.2) is 24.6 Å². The highest BCUT2D eigenvalue weighted by Crippen LogP contribution is 2.20. The lowest BCUT2D eigenvalue weighted by atomic mass is 10.3. The van der Waals surface area contributed by atoms with Gasteiger partial charge in [0.05, 0.1) is 3.57 Å². The van der Waals surface area contributed by atoms with E-state index in [2.05, 4.69) is 33.2 Å². The highest BCUT2D eigenvalue weighted by molar-refractivity contribution is 14.1. The maximum Gasteiger partial charge on any atom is 0.321 e. The molecule has 0 saturated carbocycles. The van der Waals surface area contributed by atoms with Crippen molar-refractivity contribution in [3.8, 4) is 5.75 Å². The number of para-hydroxylation sites is 1. The highest BCUT2D eigenvalue weighted by atomic mass is 127. The number of imide groups is 1. The van der Waals surface area contributed by atoms with Gasteiger partial charge in [0.1, 0.15) is 5.75 Å². The van der Waals surface area contributed by atoms with Crippen LogP contribution in [0.4, 0.5) is 4.79 Å². The lowest BCUT2D eigenvalue weighted by Gasteiger charge is -2.15. The van der Waals surface area contributed by atoms with E-state index < -0.39 is 18.0 Å². The average molecular weight is 362 g/mol. The fraction of sp³-hybridized carbons (Fsp3) is 0.333. The van der Waals surface area contributed by atoms with Gasteiger partial charge in [-0.2, -0.15) is 0 Å². The summed E-state index contributed by atoms with van der Waals surface area (Å²) in [6, 6.07) is 6.85. The molecular formula is C12H15IN2O3. The molecule has 0 aromatic heterocycles. The van der Waals surface area contributed by atoms with E-state index >= 15 is 0 Å². The number of halogens is 1. The Hall–Kier alpha value is -1.31. The van der Waals surface area contributed by atoms with Crippen molar-refractivity contribution in [3.63, 3.8) is 0 Å². The minimum absolute atomic E-state index is 0.463. The van der Waals surface area contributed by atoms with E-state index in [0.717, 1.165) is 3.57 Å². The first-order valence-corrected chi connectivity index (χ1v) is 6.62. The van der Waals surface area contributed by atoms with E-state index in [1.165, 1.54) is 0 Å². The summed E-state index contributed by atoms with van der Waals surface area (Å²) in [4.78, 5) is 22.8. The molecule has 1 rings (SSSR count). The molecule has 98 valence electrons. The van der Waals surface area contributed by atoms with Crippen LogP contribution in [0.5, 0.6) is 5.75 Å². The molecule has 0 radical (unpaired) electrons. The summed E-state index contributed by atoms with van der Waals surface area (Å²) < 4.78 is 6.40. The fourth-order valence-corrected chi connectivity index (χ4v) is 1.72. The first-order valence-electron chi connectivity index (χ1n) is 5.54. The Kier molecular flexibility index (Phi) is 5.90. The monoisotopic (exact) mass is 362 g/mol. The number of carbonyl (C=O) groups excluding carboxylic acids is 2. The molecule has 0 aliphatic heterocycles. The topological polar surface area (TPSA) is 67.4 Å². The Bertz CT molecular complexity index is 437.